The highest BCUT2D eigenvalue weighted by Crippen LogP contribution is 2.21. The minimum Gasteiger partial charge on any atom is -0.423 e. The van der Waals surface area contributed by atoms with Gasteiger partial charge in [-0.1, -0.05) is 30.3 Å². The Hall–Kier alpha value is -4.36. The Kier molecular flexibility index (Phi) is 5.49. The Morgan fingerprint density at radius 1 is 1.06 bits per heavy atom. The van der Waals surface area contributed by atoms with Crippen molar-refractivity contribution in [3.05, 3.63) is 65.5 Å². The fourth-order valence-electron chi connectivity index (χ4n) is 3.17. The number of carbonyl (C=O) groups excluding carboxylic acids is 2. The lowest BCUT2D eigenvalue weighted by molar-refractivity contribution is 0.0989. The van der Waals surface area contributed by atoms with Gasteiger partial charge in [-0.15, -0.1) is 10.2 Å². The van der Waals surface area contributed by atoms with Crippen molar-refractivity contribution < 1.29 is 19.6 Å². The molecule has 2 heterocycles. The predicted molar refractivity (Wildman–Crippen MR) is 115 cm³/mol. The second kappa shape index (κ2) is 8.41. The van der Waals surface area contributed by atoms with Gasteiger partial charge >= 0.3 is 7.12 Å². The highest BCUT2D eigenvalue weighted by molar-refractivity contribution is 6.58. The van der Waals surface area contributed by atoms with Crippen LogP contribution in [0.1, 0.15) is 26.4 Å². The maximum absolute atomic E-state index is 11.8. The van der Waals surface area contributed by atoms with Crippen molar-refractivity contribution >= 4 is 41.1 Å². The molecule has 0 unspecified atom stereocenters. The number of nitrogens with one attached hydrogen (secondary N) is 1. The van der Waals surface area contributed by atoms with Gasteiger partial charge in [0.15, 0.2) is 11.5 Å². The van der Waals surface area contributed by atoms with Gasteiger partial charge < -0.3 is 26.8 Å². The molecule has 0 fully saturated rings. The van der Waals surface area contributed by atoms with E-state index in [1.807, 2.05) is 0 Å². The Bertz CT molecular complexity index is 1340. The third-order valence-electron chi connectivity index (χ3n) is 4.69. The summed E-state index contributed by atoms with van der Waals surface area (Å²) in [5.41, 5.74) is 12.5. The van der Waals surface area contributed by atoms with Crippen molar-refractivity contribution in [3.63, 3.8) is 0 Å². The molecule has 0 aliphatic rings. The van der Waals surface area contributed by atoms with Gasteiger partial charge in [-0.05, 0) is 23.2 Å². The molecule has 13 heteroatoms. The minimum atomic E-state index is -1.61. The maximum Gasteiger partial charge on any atom is 0.488 e. The van der Waals surface area contributed by atoms with E-state index in [-0.39, 0.29) is 24.0 Å². The molecule has 0 spiro atoms. The fraction of sp³-hybridized carbons (Fsp3) is 0.0526. The van der Waals surface area contributed by atoms with E-state index in [1.165, 1.54) is 10.9 Å². The summed E-state index contributed by atoms with van der Waals surface area (Å²) < 4.78 is 1.35. The number of nitrogens with zero attached hydrogens (tertiary/aromatic N) is 5. The van der Waals surface area contributed by atoms with Gasteiger partial charge in [-0.3, -0.25) is 9.59 Å². The summed E-state index contributed by atoms with van der Waals surface area (Å²) in [6.07, 6.45) is 1.46. The second-order valence-corrected chi connectivity index (χ2v) is 6.80. The first-order valence-corrected chi connectivity index (χ1v) is 9.35. The molecule has 4 rings (SSSR count). The first kappa shape index (κ1) is 20.9. The van der Waals surface area contributed by atoms with Crippen LogP contribution in [0, 0.1) is 0 Å². The Balaban J connectivity index is 1.71. The molecule has 12 nitrogen and oxygen atoms in total. The van der Waals surface area contributed by atoms with E-state index >= 15 is 0 Å². The van der Waals surface area contributed by atoms with Gasteiger partial charge in [0, 0.05) is 11.9 Å². The van der Waals surface area contributed by atoms with Crippen LogP contribution in [0.3, 0.4) is 0 Å². The van der Waals surface area contributed by atoms with Crippen LogP contribution in [-0.2, 0) is 6.54 Å². The third kappa shape index (κ3) is 3.97. The number of primary amides is 2. The number of amides is 2. The Morgan fingerprint density at radius 2 is 1.84 bits per heavy atom. The van der Waals surface area contributed by atoms with Crippen LogP contribution in [0.2, 0.25) is 0 Å². The largest absolute Gasteiger partial charge is 0.488 e. The van der Waals surface area contributed by atoms with Crippen LogP contribution in [0.15, 0.2) is 48.7 Å². The van der Waals surface area contributed by atoms with Gasteiger partial charge in [0.1, 0.15) is 0 Å². The molecular formula is C19H17BN8O4. The molecule has 0 saturated heterocycles. The molecule has 0 radical (unpaired) electrons. The summed E-state index contributed by atoms with van der Waals surface area (Å²) in [5, 5.41) is 34.2. The van der Waals surface area contributed by atoms with E-state index in [2.05, 4.69) is 25.6 Å². The number of rotatable bonds is 7. The number of carbonyl (C=O) groups is 2. The number of anilines is 1. The average Bonchev–Trinajstić information content (AvgIpc) is 3.21. The zero-order valence-electron chi connectivity index (χ0n) is 16.5. The van der Waals surface area contributed by atoms with Gasteiger partial charge in [0.2, 0.25) is 5.91 Å². The van der Waals surface area contributed by atoms with Crippen LogP contribution in [0.4, 0.5) is 5.82 Å². The summed E-state index contributed by atoms with van der Waals surface area (Å²) in [4.78, 5) is 27.8. The van der Waals surface area contributed by atoms with Crippen LogP contribution in [0.25, 0.3) is 16.9 Å². The van der Waals surface area contributed by atoms with Crippen molar-refractivity contribution in [1.82, 2.24) is 25.0 Å². The van der Waals surface area contributed by atoms with Gasteiger partial charge in [-0.2, -0.15) is 14.8 Å². The molecule has 0 bridgehead atoms. The molecule has 4 aromatic rings. The van der Waals surface area contributed by atoms with E-state index in [1.54, 1.807) is 42.5 Å². The zero-order valence-corrected chi connectivity index (χ0v) is 16.5. The molecule has 0 saturated carbocycles. The van der Waals surface area contributed by atoms with E-state index in [0.29, 0.717) is 27.5 Å². The first-order valence-electron chi connectivity index (χ1n) is 9.35. The normalized spacial score (nSPS) is 10.8. The highest BCUT2D eigenvalue weighted by Gasteiger charge is 2.18. The number of benzene rings is 2. The van der Waals surface area contributed by atoms with Crippen molar-refractivity contribution in [2.24, 2.45) is 11.5 Å². The lowest BCUT2D eigenvalue weighted by atomic mass is 9.80. The maximum atomic E-state index is 11.8. The SMILES string of the molecule is NC(=O)c1nnc(-n2ncc3c(C(N)=O)cccc32)nc1NCc1cccc(B(O)O)c1. The number of hydrogen-bond donors (Lipinski definition) is 5. The number of fused-ring (bicyclic) bond motifs is 1. The fourth-order valence-corrected chi connectivity index (χ4v) is 3.17. The second-order valence-electron chi connectivity index (χ2n) is 6.80. The third-order valence-corrected chi connectivity index (χ3v) is 4.69. The predicted octanol–water partition coefficient (Wildman–Crippen LogP) is -1.30. The molecule has 32 heavy (non-hydrogen) atoms. The van der Waals surface area contributed by atoms with Crippen LogP contribution in [-0.4, -0.2) is 53.9 Å². The van der Waals surface area contributed by atoms with Crippen molar-refractivity contribution in [3.8, 4) is 5.95 Å². The number of nitrogens with two attached hydrogens (primary N) is 2. The van der Waals surface area contributed by atoms with Crippen LogP contribution < -0.4 is 22.2 Å². The van der Waals surface area contributed by atoms with Crippen molar-refractivity contribution in [2.45, 2.75) is 6.54 Å². The Morgan fingerprint density at radius 3 is 2.56 bits per heavy atom. The van der Waals surface area contributed by atoms with E-state index in [0.717, 1.165) is 0 Å². The number of hydrogen-bond acceptors (Lipinski definition) is 9. The van der Waals surface area contributed by atoms with Crippen molar-refractivity contribution in [1.29, 1.82) is 0 Å². The lowest BCUT2D eigenvalue weighted by Crippen LogP contribution is -2.30. The Labute approximate surface area is 181 Å². The van der Waals surface area contributed by atoms with Gasteiger partial charge in [-0.25, -0.2) is 0 Å². The van der Waals surface area contributed by atoms with E-state index in [4.69, 9.17) is 11.5 Å². The molecule has 7 N–H and O–H groups in total. The average molecular weight is 432 g/mol. The lowest BCUT2D eigenvalue weighted by Gasteiger charge is -2.11. The first-order chi connectivity index (χ1) is 15.3. The summed E-state index contributed by atoms with van der Waals surface area (Å²) in [7, 11) is -1.61. The zero-order chi connectivity index (χ0) is 22.8. The summed E-state index contributed by atoms with van der Waals surface area (Å²) in [6.45, 7) is 0.185. The minimum absolute atomic E-state index is 0.0358. The molecule has 0 aliphatic heterocycles. The molecule has 2 aromatic heterocycles. The molecule has 2 aromatic carbocycles. The van der Waals surface area contributed by atoms with Crippen LogP contribution in [0.5, 0.6) is 0 Å². The monoisotopic (exact) mass is 432 g/mol. The summed E-state index contributed by atoms with van der Waals surface area (Å²) in [6, 6.07) is 11.5. The quantitative estimate of drug-likeness (QED) is 0.221. The van der Waals surface area contributed by atoms with Crippen LogP contribution >= 0.6 is 0 Å². The molecular weight excluding hydrogens is 415 g/mol. The number of aromatic nitrogens is 5. The topological polar surface area (TPSA) is 195 Å². The summed E-state index contributed by atoms with van der Waals surface area (Å²) >= 11 is 0. The van der Waals surface area contributed by atoms with Gasteiger partial charge in [0.25, 0.3) is 11.9 Å². The molecule has 0 atom stereocenters. The van der Waals surface area contributed by atoms with Gasteiger partial charge in [0.05, 0.1) is 17.3 Å². The molecule has 0 aliphatic carbocycles. The summed E-state index contributed by atoms with van der Waals surface area (Å²) in [5.74, 6) is -1.34. The van der Waals surface area contributed by atoms with Crippen molar-refractivity contribution in [2.75, 3.05) is 5.32 Å². The standard InChI is InChI=1S/C19H17BN8O4/c21-16(29)12-5-2-6-14-13(12)9-24-28(14)19-25-18(15(17(22)30)26-27-19)23-8-10-3-1-4-11(7-10)20(31)32/h1-7,9,31-32H,8H2,(H2,21,29)(H2,22,30)(H,23,25,27). The highest BCUT2D eigenvalue weighted by atomic mass is 16.4. The molecule has 2 amide bonds. The van der Waals surface area contributed by atoms with E-state index in [9.17, 15) is 19.6 Å². The molecule has 160 valence electrons. The van der Waals surface area contributed by atoms with E-state index < -0.39 is 18.9 Å². The smallest absolute Gasteiger partial charge is 0.423 e.